The lowest BCUT2D eigenvalue weighted by atomic mass is 10.2. The number of hydrogen-bond acceptors (Lipinski definition) is 5. The molecule has 0 fully saturated rings. The molecule has 136 valence electrons. The first kappa shape index (κ1) is 19.3. The van der Waals surface area contributed by atoms with Crippen molar-refractivity contribution in [3.05, 3.63) is 36.3 Å². The lowest BCUT2D eigenvalue weighted by Gasteiger charge is -2.08. The van der Waals surface area contributed by atoms with Crippen LogP contribution in [0.3, 0.4) is 0 Å². The molecule has 1 aromatic heterocycles. The fourth-order valence-corrected chi connectivity index (χ4v) is 2.42. The minimum Gasteiger partial charge on any atom is -0.449 e. The molecule has 0 saturated heterocycles. The van der Waals surface area contributed by atoms with Gasteiger partial charge in [0.25, 0.3) is 0 Å². The number of halogens is 1. The molecule has 2 aromatic rings. The molecule has 1 heterocycles. The highest BCUT2D eigenvalue weighted by atomic mass is 31.2. The molecule has 0 aliphatic heterocycles. The molecule has 0 aliphatic rings. The maximum absolute atomic E-state index is 13.2. The number of benzene rings is 1. The number of anilines is 1. The van der Waals surface area contributed by atoms with E-state index in [4.69, 9.17) is 14.5 Å². The van der Waals surface area contributed by atoms with Crippen LogP contribution in [0.25, 0.3) is 10.8 Å². The molecule has 0 unspecified atom stereocenters. The fraction of sp³-hybridized carbons (Fsp3) is 0.333. The van der Waals surface area contributed by atoms with Gasteiger partial charge in [-0.15, -0.1) is 0 Å². The molecular formula is C15H18FN2O6P. The SMILES string of the molecule is O=C(Nc1cc2cc(F)ccc2cn1)OCCCCCOP(=O)(O)O. The lowest BCUT2D eigenvalue weighted by molar-refractivity contribution is 0.157. The molecule has 1 aromatic carbocycles. The van der Waals surface area contributed by atoms with Gasteiger partial charge in [0.15, 0.2) is 0 Å². The van der Waals surface area contributed by atoms with Gasteiger partial charge in [0.2, 0.25) is 0 Å². The highest BCUT2D eigenvalue weighted by molar-refractivity contribution is 7.46. The molecule has 0 atom stereocenters. The number of unbranched alkanes of at least 4 members (excludes halogenated alkanes) is 2. The van der Waals surface area contributed by atoms with Crippen LogP contribution in [-0.2, 0) is 13.8 Å². The van der Waals surface area contributed by atoms with Crippen LogP contribution in [0.4, 0.5) is 15.0 Å². The van der Waals surface area contributed by atoms with E-state index in [-0.39, 0.29) is 24.8 Å². The van der Waals surface area contributed by atoms with Crippen molar-refractivity contribution in [3.8, 4) is 0 Å². The molecule has 8 nitrogen and oxygen atoms in total. The normalized spacial score (nSPS) is 11.5. The van der Waals surface area contributed by atoms with Crippen molar-refractivity contribution in [2.75, 3.05) is 18.5 Å². The van der Waals surface area contributed by atoms with Crippen LogP contribution in [0.15, 0.2) is 30.5 Å². The first-order chi connectivity index (χ1) is 11.8. The third-order valence-electron chi connectivity index (χ3n) is 3.20. The van der Waals surface area contributed by atoms with Crippen LogP contribution in [0.1, 0.15) is 19.3 Å². The van der Waals surface area contributed by atoms with E-state index in [9.17, 15) is 13.8 Å². The molecule has 0 radical (unpaired) electrons. The molecule has 2 rings (SSSR count). The molecular weight excluding hydrogens is 354 g/mol. The van der Waals surface area contributed by atoms with Crippen molar-refractivity contribution in [2.24, 2.45) is 0 Å². The van der Waals surface area contributed by atoms with Crippen LogP contribution in [0.5, 0.6) is 0 Å². The maximum Gasteiger partial charge on any atom is 0.469 e. The Kier molecular flexibility index (Phi) is 6.83. The maximum atomic E-state index is 13.2. The molecule has 0 aliphatic carbocycles. The highest BCUT2D eigenvalue weighted by Crippen LogP contribution is 2.35. The number of hydrogen-bond donors (Lipinski definition) is 3. The number of nitrogens with zero attached hydrogens (tertiary/aromatic N) is 1. The number of fused-ring (bicyclic) bond motifs is 1. The summed E-state index contributed by atoms with van der Waals surface area (Å²) in [4.78, 5) is 32.7. The Bertz CT molecular complexity index is 782. The van der Waals surface area contributed by atoms with Gasteiger partial charge in [-0.05, 0) is 48.9 Å². The van der Waals surface area contributed by atoms with Crippen LogP contribution in [0.2, 0.25) is 0 Å². The summed E-state index contributed by atoms with van der Waals surface area (Å²) in [5, 5.41) is 3.81. The second-order valence-corrected chi connectivity index (χ2v) is 6.45. The fourth-order valence-electron chi connectivity index (χ4n) is 2.05. The number of rotatable bonds is 8. The van der Waals surface area contributed by atoms with Crippen molar-refractivity contribution >= 4 is 30.5 Å². The van der Waals surface area contributed by atoms with Gasteiger partial charge in [0.1, 0.15) is 11.6 Å². The summed E-state index contributed by atoms with van der Waals surface area (Å²) in [5.74, 6) is -0.131. The van der Waals surface area contributed by atoms with Gasteiger partial charge in [-0.2, -0.15) is 0 Å². The Balaban J connectivity index is 1.69. The van der Waals surface area contributed by atoms with Crippen LogP contribution in [0, 0.1) is 5.82 Å². The number of nitrogens with one attached hydrogen (secondary N) is 1. The van der Waals surface area contributed by atoms with E-state index in [0.29, 0.717) is 24.6 Å². The van der Waals surface area contributed by atoms with E-state index in [1.165, 1.54) is 18.3 Å². The summed E-state index contributed by atoms with van der Waals surface area (Å²) in [6.07, 6.45) is 2.38. The van der Waals surface area contributed by atoms with E-state index < -0.39 is 13.9 Å². The number of carbonyl (C=O) groups is 1. The van der Waals surface area contributed by atoms with Gasteiger partial charge in [0.05, 0.1) is 13.2 Å². The number of phosphoric acid groups is 1. The number of pyridine rings is 1. The van der Waals surface area contributed by atoms with E-state index in [0.717, 1.165) is 5.39 Å². The van der Waals surface area contributed by atoms with Gasteiger partial charge < -0.3 is 14.5 Å². The summed E-state index contributed by atoms with van der Waals surface area (Å²) in [5.41, 5.74) is 0. The van der Waals surface area contributed by atoms with Gasteiger partial charge in [0, 0.05) is 11.6 Å². The largest absolute Gasteiger partial charge is 0.469 e. The highest BCUT2D eigenvalue weighted by Gasteiger charge is 2.12. The third-order valence-corrected chi connectivity index (χ3v) is 3.71. The molecule has 25 heavy (non-hydrogen) atoms. The quantitative estimate of drug-likeness (QED) is 0.481. The summed E-state index contributed by atoms with van der Waals surface area (Å²) in [6, 6.07) is 5.80. The molecule has 10 heteroatoms. The Labute approximate surface area is 143 Å². The zero-order valence-electron chi connectivity index (χ0n) is 13.2. The second-order valence-electron chi connectivity index (χ2n) is 5.21. The van der Waals surface area contributed by atoms with Crippen molar-refractivity contribution in [1.29, 1.82) is 0 Å². The number of ether oxygens (including phenoxy) is 1. The lowest BCUT2D eigenvalue weighted by Crippen LogP contribution is -2.15. The van der Waals surface area contributed by atoms with Crippen molar-refractivity contribution in [1.82, 2.24) is 4.98 Å². The number of carbonyl (C=O) groups excluding carboxylic acids is 1. The smallest absolute Gasteiger partial charge is 0.449 e. The molecule has 0 spiro atoms. The Morgan fingerprint density at radius 2 is 1.92 bits per heavy atom. The minimum atomic E-state index is -4.42. The zero-order chi connectivity index (χ0) is 18.3. The zero-order valence-corrected chi connectivity index (χ0v) is 14.1. The second kappa shape index (κ2) is 8.87. The Hall–Kier alpha value is -2.06. The minimum absolute atomic E-state index is 0.0615. The average Bonchev–Trinajstić information content (AvgIpc) is 2.52. The summed E-state index contributed by atoms with van der Waals surface area (Å²) < 4.78 is 32.9. The predicted molar refractivity (Wildman–Crippen MR) is 88.5 cm³/mol. The third kappa shape index (κ3) is 7.15. The first-order valence-corrected chi connectivity index (χ1v) is 9.06. The predicted octanol–water partition coefficient (Wildman–Crippen LogP) is 3.20. The number of phosphoric ester groups is 1. The van der Waals surface area contributed by atoms with E-state index >= 15 is 0 Å². The van der Waals surface area contributed by atoms with Crippen LogP contribution in [-0.4, -0.2) is 34.1 Å². The topological polar surface area (TPSA) is 118 Å². The van der Waals surface area contributed by atoms with Crippen LogP contribution < -0.4 is 5.32 Å². The van der Waals surface area contributed by atoms with E-state index in [2.05, 4.69) is 14.8 Å². The van der Waals surface area contributed by atoms with Gasteiger partial charge >= 0.3 is 13.9 Å². The Morgan fingerprint density at radius 3 is 2.68 bits per heavy atom. The van der Waals surface area contributed by atoms with Crippen LogP contribution >= 0.6 is 7.82 Å². The van der Waals surface area contributed by atoms with Gasteiger partial charge in [-0.25, -0.2) is 18.7 Å². The molecule has 1 amide bonds. The van der Waals surface area contributed by atoms with E-state index in [1.807, 2.05) is 0 Å². The molecule has 0 saturated carbocycles. The number of aromatic nitrogens is 1. The summed E-state index contributed by atoms with van der Waals surface area (Å²) in [6.45, 7) is 0.0813. The number of amides is 1. The molecule has 0 bridgehead atoms. The average molecular weight is 372 g/mol. The summed E-state index contributed by atoms with van der Waals surface area (Å²) in [7, 11) is -4.42. The first-order valence-electron chi connectivity index (χ1n) is 7.53. The van der Waals surface area contributed by atoms with Gasteiger partial charge in [-0.3, -0.25) is 9.84 Å². The Morgan fingerprint density at radius 1 is 1.16 bits per heavy atom. The van der Waals surface area contributed by atoms with E-state index in [1.54, 1.807) is 12.1 Å². The summed E-state index contributed by atoms with van der Waals surface area (Å²) >= 11 is 0. The van der Waals surface area contributed by atoms with Crippen molar-refractivity contribution in [3.63, 3.8) is 0 Å². The monoisotopic (exact) mass is 372 g/mol. The van der Waals surface area contributed by atoms with Crippen molar-refractivity contribution in [2.45, 2.75) is 19.3 Å². The molecule has 3 N–H and O–H groups in total. The van der Waals surface area contributed by atoms with Gasteiger partial charge in [-0.1, -0.05) is 0 Å². The standard InChI is InChI=1S/C15H18FN2O6P/c16-13-5-4-11-10-17-14(9-12(11)8-13)18-15(19)23-6-2-1-3-7-24-25(20,21)22/h4-5,8-10H,1-3,6-7H2,(H,17,18,19)(H2,20,21,22). The van der Waals surface area contributed by atoms with Crippen molar-refractivity contribution < 1.29 is 32.8 Å².